The fourth-order valence-corrected chi connectivity index (χ4v) is 2.85. The van der Waals surface area contributed by atoms with Crippen molar-refractivity contribution in [2.75, 3.05) is 13.2 Å². The van der Waals surface area contributed by atoms with Crippen molar-refractivity contribution in [3.05, 3.63) is 0 Å². The Labute approximate surface area is 89.2 Å². The Morgan fingerprint density at radius 3 is 2.71 bits per heavy atom. The SMILES string of the molecule is CC(C)C(SC1CCCOC1)C(=O)O. The summed E-state index contributed by atoms with van der Waals surface area (Å²) in [7, 11) is 0. The van der Waals surface area contributed by atoms with Gasteiger partial charge in [0, 0.05) is 11.9 Å². The van der Waals surface area contributed by atoms with E-state index in [0.717, 1.165) is 19.4 Å². The fourth-order valence-electron chi connectivity index (χ4n) is 1.53. The molecule has 1 saturated heterocycles. The molecule has 2 unspecified atom stereocenters. The van der Waals surface area contributed by atoms with Crippen molar-refractivity contribution in [3.63, 3.8) is 0 Å². The molecule has 1 aliphatic rings. The lowest BCUT2D eigenvalue weighted by Crippen LogP contribution is -2.29. The van der Waals surface area contributed by atoms with Gasteiger partial charge in [-0.25, -0.2) is 0 Å². The lowest BCUT2D eigenvalue weighted by Gasteiger charge is -2.26. The number of carbonyl (C=O) groups is 1. The Hall–Kier alpha value is -0.220. The van der Waals surface area contributed by atoms with Crippen LogP contribution in [0.15, 0.2) is 0 Å². The van der Waals surface area contributed by atoms with Crippen molar-refractivity contribution < 1.29 is 14.6 Å². The van der Waals surface area contributed by atoms with Crippen LogP contribution in [-0.2, 0) is 9.53 Å². The molecule has 82 valence electrons. The first-order chi connectivity index (χ1) is 6.61. The van der Waals surface area contributed by atoms with Gasteiger partial charge in [-0.05, 0) is 18.8 Å². The molecule has 1 heterocycles. The summed E-state index contributed by atoms with van der Waals surface area (Å²) >= 11 is 1.56. The van der Waals surface area contributed by atoms with Gasteiger partial charge in [-0.15, -0.1) is 11.8 Å². The highest BCUT2D eigenvalue weighted by Gasteiger charge is 2.27. The number of hydrogen-bond donors (Lipinski definition) is 1. The predicted molar refractivity (Wildman–Crippen MR) is 57.7 cm³/mol. The number of aliphatic carboxylic acids is 1. The highest BCUT2D eigenvalue weighted by molar-refractivity contribution is 8.01. The quantitative estimate of drug-likeness (QED) is 0.784. The molecular weight excluding hydrogens is 200 g/mol. The summed E-state index contributed by atoms with van der Waals surface area (Å²) in [4.78, 5) is 11.0. The molecule has 2 atom stereocenters. The third-order valence-electron chi connectivity index (χ3n) is 2.31. The molecular formula is C10H18O3S. The van der Waals surface area contributed by atoms with Crippen LogP contribution < -0.4 is 0 Å². The number of rotatable bonds is 4. The molecule has 0 bridgehead atoms. The van der Waals surface area contributed by atoms with E-state index >= 15 is 0 Å². The van der Waals surface area contributed by atoms with Crippen LogP contribution in [0.25, 0.3) is 0 Å². The van der Waals surface area contributed by atoms with Crippen LogP contribution >= 0.6 is 11.8 Å². The minimum Gasteiger partial charge on any atom is -0.480 e. The second kappa shape index (κ2) is 5.61. The summed E-state index contributed by atoms with van der Waals surface area (Å²) < 4.78 is 5.33. The summed E-state index contributed by atoms with van der Waals surface area (Å²) in [6.07, 6.45) is 2.14. The van der Waals surface area contributed by atoms with Crippen LogP contribution in [0.3, 0.4) is 0 Å². The van der Waals surface area contributed by atoms with Gasteiger partial charge in [0.25, 0.3) is 0 Å². The number of carboxylic acids is 1. The van der Waals surface area contributed by atoms with E-state index in [0.29, 0.717) is 11.9 Å². The maximum absolute atomic E-state index is 11.0. The van der Waals surface area contributed by atoms with Crippen LogP contribution in [0, 0.1) is 5.92 Å². The first-order valence-corrected chi connectivity index (χ1v) is 6.01. The van der Waals surface area contributed by atoms with Gasteiger partial charge < -0.3 is 9.84 Å². The molecule has 0 saturated carbocycles. The molecule has 4 heteroatoms. The zero-order valence-corrected chi connectivity index (χ0v) is 9.55. The monoisotopic (exact) mass is 218 g/mol. The largest absolute Gasteiger partial charge is 0.480 e. The molecule has 1 aliphatic heterocycles. The van der Waals surface area contributed by atoms with E-state index in [-0.39, 0.29) is 11.2 Å². The first-order valence-electron chi connectivity index (χ1n) is 5.07. The van der Waals surface area contributed by atoms with Crippen molar-refractivity contribution >= 4 is 17.7 Å². The molecule has 3 nitrogen and oxygen atoms in total. The smallest absolute Gasteiger partial charge is 0.316 e. The summed E-state index contributed by atoms with van der Waals surface area (Å²) in [6, 6.07) is 0. The number of hydrogen-bond acceptors (Lipinski definition) is 3. The van der Waals surface area contributed by atoms with Gasteiger partial charge in [0.1, 0.15) is 5.25 Å². The Morgan fingerprint density at radius 1 is 1.57 bits per heavy atom. The lowest BCUT2D eigenvalue weighted by molar-refractivity contribution is -0.137. The second-order valence-electron chi connectivity index (χ2n) is 3.98. The number of thioether (sulfide) groups is 1. The average molecular weight is 218 g/mol. The number of ether oxygens (including phenoxy) is 1. The van der Waals surface area contributed by atoms with E-state index in [1.807, 2.05) is 13.8 Å². The maximum Gasteiger partial charge on any atom is 0.316 e. The fraction of sp³-hybridized carbons (Fsp3) is 0.900. The number of carboxylic acid groups (broad SMARTS) is 1. The predicted octanol–water partition coefficient (Wildman–Crippen LogP) is 2.01. The highest BCUT2D eigenvalue weighted by Crippen LogP contribution is 2.29. The van der Waals surface area contributed by atoms with Crippen LogP contribution in [0.2, 0.25) is 0 Å². The Bertz CT molecular complexity index is 188. The van der Waals surface area contributed by atoms with E-state index in [1.165, 1.54) is 0 Å². The molecule has 0 aromatic rings. The zero-order chi connectivity index (χ0) is 10.6. The van der Waals surface area contributed by atoms with E-state index in [1.54, 1.807) is 11.8 Å². The molecule has 1 fully saturated rings. The van der Waals surface area contributed by atoms with Gasteiger partial charge in [0.2, 0.25) is 0 Å². The Kier molecular flexibility index (Phi) is 4.75. The average Bonchev–Trinajstić information content (AvgIpc) is 2.15. The molecule has 0 aromatic carbocycles. The van der Waals surface area contributed by atoms with Gasteiger partial charge in [-0.3, -0.25) is 4.79 Å². The molecule has 0 spiro atoms. The van der Waals surface area contributed by atoms with Crippen molar-refractivity contribution in [1.29, 1.82) is 0 Å². The molecule has 1 rings (SSSR count). The standard InChI is InChI=1S/C10H18O3S/c1-7(2)9(10(11)12)14-8-4-3-5-13-6-8/h7-9H,3-6H2,1-2H3,(H,11,12). The van der Waals surface area contributed by atoms with Gasteiger partial charge in [-0.1, -0.05) is 13.8 Å². The first kappa shape index (κ1) is 11.9. The van der Waals surface area contributed by atoms with E-state index in [9.17, 15) is 4.79 Å². The van der Waals surface area contributed by atoms with Crippen molar-refractivity contribution in [2.45, 2.75) is 37.2 Å². The molecule has 14 heavy (non-hydrogen) atoms. The van der Waals surface area contributed by atoms with Crippen LogP contribution in [0.5, 0.6) is 0 Å². The molecule has 1 N–H and O–H groups in total. The van der Waals surface area contributed by atoms with Crippen LogP contribution in [-0.4, -0.2) is 34.8 Å². The minimum atomic E-state index is -0.699. The summed E-state index contributed by atoms with van der Waals surface area (Å²) in [5, 5.41) is 9.09. The summed E-state index contributed by atoms with van der Waals surface area (Å²) in [6.45, 7) is 5.45. The van der Waals surface area contributed by atoms with Crippen LogP contribution in [0.4, 0.5) is 0 Å². The third-order valence-corrected chi connectivity index (χ3v) is 4.10. The third kappa shape index (κ3) is 3.50. The van der Waals surface area contributed by atoms with Crippen molar-refractivity contribution in [3.8, 4) is 0 Å². The van der Waals surface area contributed by atoms with E-state index in [4.69, 9.17) is 9.84 Å². The minimum absolute atomic E-state index is 0.180. The van der Waals surface area contributed by atoms with Gasteiger partial charge in [-0.2, -0.15) is 0 Å². The highest BCUT2D eigenvalue weighted by atomic mass is 32.2. The second-order valence-corrected chi connectivity index (χ2v) is 5.42. The Morgan fingerprint density at radius 2 is 2.29 bits per heavy atom. The maximum atomic E-state index is 11.0. The lowest BCUT2D eigenvalue weighted by atomic mass is 10.1. The van der Waals surface area contributed by atoms with E-state index < -0.39 is 5.97 Å². The van der Waals surface area contributed by atoms with Gasteiger partial charge in [0.05, 0.1) is 6.61 Å². The Balaban J connectivity index is 2.41. The van der Waals surface area contributed by atoms with E-state index in [2.05, 4.69) is 0 Å². The van der Waals surface area contributed by atoms with Crippen molar-refractivity contribution in [1.82, 2.24) is 0 Å². The topological polar surface area (TPSA) is 46.5 Å². The molecule has 0 radical (unpaired) electrons. The zero-order valence-electron chi connectivity index (χ0n) is 8.73. The summed E-state index contributed by atoms with van der Waals surface area (Å²) in [5.41, 5.74) is 0. The molecule has 0 aromatic heterocycles. The van der Waals surface area contributed by atoms with Gasteiger partial charge >= 0.3 is 5.97 Å². The van der Waals surface area contributed by atoms with Crippen LogP contribution in [0.1, 0.15) is 26.7 Å². The molecule has 0 amide bonds. The normalized spacial score (nSPS) is 24.9. The molecule has 0 aliphatic carbocycles. The van der Waals surface area contributed by atoms with Gasteiger partial charge in [0.15, 0.2) is 0 Å². The summed E-state index contributed by atoms with van der Waals surface area (Å²) in [5.74, 6) is -0.519. The van der Waals surface area contributed by atoms with Crippen molar-refractivity contribution in [2.24, 2.45) is 5.92 Å².